The minimum Gasteiger partial charge on any atom is -0.450 e. The Morgan fingerprint density at radius 3 is 2.68 bits per heavy atom. The van der Waals surface area contributed by atoms with Gasteiger partial charge < -0.3 is 10.1 Å². The quantitative estimate of drug-likeness (QED) is 0.770. The molecular weight excluding hydrogens is 306 g/mol. The average Bonchev–Trinajstić information content (AvgIpc) is 3.25. The number of alkyl carbamates (subject to hydrolysis) is 1. The summed E-state index contributed by atoms with van der Waals surface area (Å²) in [5.41, 5.74) is 0.467. The Bertz CT molecular complexity index is 605. The van der Waals surface area contributed by atoms with Crippen molar-refractivity contribution in [1.82, 2.24) is 5.32 Å². The molecule has 4 rings (SSSR count). The van der Waals surface area contributed by atoms with Gasteiger partial charge >= 0.3 is 6.09 Å². The van der Waals surface area contributed by atoms with Crippen LogP contribution in [0.1, 0.15) is 26.2 Å². The van der Waals surface area contributed by atoms with Crippen molar-refractivity contribution in [2.24, 2.45) is 35.0 Å². The third-order valence-corrected chi connectivity index (χ3v) is 6.93. The number of rotatable bonds is 5. The van der Waals surface area contributed by atoms with Gasteiger partial charge in [0.1, 0.15) is 0 Å². The summed E-state index contributed by atoms with van der Waals surface area (Å²) in [4.78, 5) is 11.8. The molecule has 0 heterocycles. The molecular formula is C15H23NO5S. The van der Waals surface area contributed by atoms with Crippen LogP contribution in [-0.2, 0) is 19.0 Å². The number of carbonyl (C=O) groups is 1. The third-order valence-electron chi connectivity index (χ3n) is 6.37. The van der Waals surface area contributed by atoms with E-state index in [9.17, 15) is 13.2 Å². The van der Waals surface area contributed by atoms with Gasteiger partial charge in [-0.1, -0.05) is 0 Å². The Morgan fingerprint density at radius 2 is 2.09 bits per heavy atom. The van der Waals surface area contributed by atoms with Gasteiger partial charge in [0.15, 0.2) is 0 Å². The Labute approximate surface area is 131 Å². The van der Waals surface area contributed by atoms with Crippen LogP contribution < -0.4 is 5.32 Å². The molecule has 7 atom stereocenters. The molecule has 0 aromatic heterocycles. The number of ether oxygens (including phenoxy) is 1. The first-order chi connectivity index (χ1) is 10.4. The summed E-state index contributed by atoms with van der Waals surface area (Å²) in [5, 5.41) is 3.07. The fourth-order valence-corrected chi connectivity index (χ4v) is 6.04. The van der Waals surface area contributed by atoms with E-state index < -0.39 is 10.1 Å². The molecule has 4 fully saturated rings. The zero-order chi connectivity index (χ0) is 15.7. The molecule has 4 aliphatic rings. The van der Waals surface area contributed by atoms with Crippen molar-refractivity contribution in [3.8, 4) is 0 Å². The highest BCUT2D eigenvalue weighted by Gasteiger charge is 2.88. The number of hydrogen-bond donors (Lipinski definition) is 1. The lowest BCUT2D eigenvalue weighted by Gasteiger charge is -2.37. The van der Waals surface area contributed by atoms with Crippen molar-refractivity contribution in [2.45, 2.75) is 32.2 Å². The van der Waals surface area contributed by atoms with Gasteiger partial charge in [-0.15, -0.1) is 0 Å². The highest BCUT2D eigenvalue weighted by Crippen LogP contribution is 2.91. The first kappa shape index (κ1) is 14.8. The smallest absolute Gasteiger partial charge is 0.407 e. The summed E-state index contributed by atoms with van der Waals surface area (Å²) >= 11 is 0. The number of fused-ring (bicyclic) bond motifs is 4. The van der Waals surface area contributed by atoms with E-state index in [0.29, 0.717) is 23.9 Å². The molecule has 0 aliphatic heterocycles. The molecule has 5 unspecified atom stereocenters. The van der Waals surface area contributed by atoms with Gasteiger partial charge in [-0.25, -0.2) is 4.79 Å². The van der Waals surface area contributed by atoms with Crippen LogP contribution in [0.15, 0.2) is 0 Å². The molecule has 7 heteroatoms. The second kappa shape index (κ2) is 4.60. The van der Waals surface area contributed by atoms with Crippen LogP contribution in [-0.4, -0.2) is 40.0 Å². The summed E-state index contributed by atoms with van der Waals surface area (Å²) < 4.78 is 32.4. The molecule has 0 aromatic carbocycles. The largest absolute Gasteiger partial charge is 0.450 e. The van der Waals surface area contributed by atoms with E-state index >= 15 is 0 Å². The van der Waals surface area contributed by atoms with Crippen LogP contribution in [0.5, 0.6) is 0 Å². The lowest BCUT2D eigenvalue weighted by molar-refractivity contribution is 0.102. The Morgan fingerprint density at radius 1 is 1.32 bits per heavy atom. The van der Waals surface area contributed by atoms with Gasteiger partial charge in [0.2, 0.25) is 0 Å². The van der Waals surface area contributed by atoms with Crippen molar-refractivity contribution < 1.29 is 22.1 Å². The Hall–Kier alpha value is -0.820. The molecule has 0 aromatic rings. The molecule has 124 valence electrons. The van der Waals surface area contributed by atoms with Crippen molar-refractivity contribution >= 4 is 16.2 Å². The van der Waals surface area contributed by atoms with Gasteiger partial charge in [0.25, 0.3) is 10.1 Å². The topological polar surface area (TPSA) is 81.7 Å². The Balaban J connectivity index is 1.43. The SMILES string of the molecule is CCOC(=O)NC1C2CC(COS(C)(=O)=O)CC1[C@@]13CC1[C@H]23. The standard InChI is InChI=1S/C15H23NO5S/c1-3-20-14(17)16-13-9-4-8(7-21-22(2,18)19)5-10(13)15-6-11(15)12(9)15/h8-13H,3-7H2,1-2H3,(H,16,17)/t8?,9?,10?,11?,12-,13?,15-/m0/s1. The predicted octanol–water partition coefficient (Wildman–Crippen LogP) is 1.37. The highest BCUT2D eigenvalue weighted by molar-refractivity contribution is 7.85. The average molecular weight is 329 g/mol. The van der Waals surface area contributed by atoms with Crippen LogP contribution in [0.25, 0.3) is 0 Å². The first-order valence-electron chi connectivity index (χ1n) is 8.14. The molecule has 0 radical (unpaired) electrons. The fraction of sp³-hybridized carbons (Fsp3) is 0.933. The molecule has 1 spiro atoms. The molecule has 4 aliphatic carbocycles. The fourth-order valence-electron chi connectivity index (χ4n) is 5.60. The van der Waals surface area contributed by atoms with E-state index in [1.165, 1.54) is 6.42 Å². The molecule has 1 N–H and O–H groups in total. The molecule has 22 heavy (non-hydrogen) atoms. The van der Waals surface area contributed by atoms with Crippen molar-refractivity contribution in [1.29, 1.82) is 0 Å². The molecule has 1 amide bonds. The zero-order valence-electron chi connectivity index (χ0n) is 12.9. The third kappa shape index (κ3) is 2.08. The monoisotopic (exact) mass is 329 g/mol. The highest BCUT2D eigenvalue weighted by atomic mass is 32.2. The summed E-state index contributed by atoms with van der Waals surface area (Å²) in [7, 11) is -3.37. The van der Waals surface area contributed by atoms with Crippen LogP contribution in [0.4, 0.5) is 4.79 Å². The van der Waals surface area contributed by atoms with Gasteiger partial charge in [0.05, 0.1) is 19.5 Å². The molecule has 6 nitrogen and oxygen atoms in total. The minimum absolute atomic E-state index is 0.206. The summed E-state index contributed by atoms with van der Waals surface area (Å²) in [5.74, 6) is 2.84. The number of hydrogen-bond acceptors (Lipinski definition) is 5. The Kier molecular flexibility index (Phi) is 3.08. The lowest BCUT2D eigenvalue weighted by atomic mass is 9.74. The summed E-state index contributed by atoms with van der Waals surface area (Å²) in [6.07, 6.45) is 3.98. The lowest BCUT2D eigenvalue weighted by Crippen LogP contribution is -2.48. The van der Waals surface area contributed by atoms with Gasteiger partial charge in [0, 0.05) is 6.04 Å². The molecule has 4 saturated carbocycles. The van der Waals surface area contributed by atoms with Crippen molar-refractivity contribution in [3.05, 3.63) is 0 Å². The predicted molar refractivity (Wildman–Crippen MR) is 78.5 cm³/mol. The summed E-state index contributed by atoms with van der Waals surface area (Å²) in [6, 6.07) is 0.206. The number of amides is 1. The second-order valence-corrected chi connectivity index (χ2v) is 9.08. The van der Waals surface area contributed by atoms with Crippen molar-refractivity contribution in [3.63, 3.8) is 0 Å². The minimum atomic E-state index is -3.37. The van der Waals surface area contributed by atoms with E-state index in [0.717, 1.165) is 30.9 Å². The molecule has 0 saturated heterocycles. The molecule has 2 bridgehead atoms. The first-order valence-corrected chi connectivity index (χ1v) is 9.96. The van der Waals surface area contributed by atoms with E-state index in [1.807, 2.05) is 0 Å². The van der Waals surface area contributed by atoms with Gasteiger partial charge in [-0.05, 0) is 61.2 Å². The van der Waals surface area contributed by atoms with E-state index in [-0.39, 0.29) is 24.7 Å². The zero-order valence-corrected chi connectivity index (χ0v) is 13.8. The maximum Gasteiger partial charge on any atom is 0.407 e. The van der Waals surface area contributed by atoms with Gasteiger partial charge in [-0.2, -0.15) is 8.42 Å². The second-order valence-electron chi connectivity index (χ2n) is 7.44. The summed E-state index contributed by atoms with van der Waals surface area (Å²) in [6.45, 7) is 2.47. The van der Waals surface area contributed by atoms with E-state index in [4.69, 9.17) is 8.92 Å². The van der Waals surface area contributed by atoms with Crippen LogP contribution in [0, 0.1) is 35.0 Å². The van der Waals surface area contributed by atoms with Crippen LogP contribution in [0.3, 0.4) is 0 Å². The van der Waals surface area contributed by atoms with E-state index in [1.54, 1.807) is 6.92 Å². The van der Waals surface area contributed by atoms with Crippen LogP contribution in [0.2, 0.25) is 0 Å². The number of nitrogens with one attached hydrogen (secondary N) is 1. The number of carbonyl (C=O) groups excluding carboxylic acids is 1. The van der Waals surface area contributed by atoms with Crippen LogP contribution >= 0.6 is 0 Å². The van der Waals surface area contributed by atoms with E-state index in [2.05, 4.69) is 5.32 Å². The van der Waals surface area contributed by atoms with Gasteiger partial charge in [-0.3, -0.25) is 4.18 Å². The maximum absolute atomic E-state index is 11.8. The normalized spacial score (nSPS) is 47.4. The van der Waals surface area contributed by atoms with Crippen molar-refractivity contribution in [2.75, 3.05) is 19.5 Å². The maximum atomic E-state index is 11.8.